The lowest BCUT2D eigenvalue weighted by Gasteiger charge is -2.16. The van der Waals surface area contributed by atoms with Gasteiger partial charge in [0.25, 0.3) is 5.92 Å². The summed E-state index contributed by atoms with van der Waals surface area (Å²) in [5.41, 5.74) is 11.2. The van der Waals surface area contributed by atoms with Crippen LogP contribution in [0.1, 0.15) is 6.42 Å². The van der Waals surface area contributed by atoms with Gasteiger partial charge < -0.3 is 21.1 Å². The highest BCUT2D eigenvalue weighted by molar-refractivity contribution is 6.32. The van der Waals surface area contributed by atoms with Gasteiger partial charge in [-0.1, -0.05) is 11.6 Å². The zero-order chi connectivity index (χ0) is 18.8. The highest BCUT2D eigenvalue weighted by atomic mass is 35.5. The number of guanidine groups is 2. The Morgan fingerprint density at radius 2 is 1.96 bits per heavy atom. The second-order valence-electron chi connectivity index (χ2n) is 5.13. The van der Waals surface area contributed by atoms with Crippen LogP contribution in [0.4, 0.5) is 27.6 Å². The molecule has 4 N–H and O–H groups in total. The first kappa shape index (κ1) is 19.0. The van der Waals surface area contributed by atoms with Crippen molar-refractivity contribution in [2.24, 2.45) is 21.5 Å². The molecule has 25 heavy (non-hydrogen) atoms. The number of likely N-dealkylation sites (tertiary alicyclic amines) is 1. The second kappa shape index (κ2) is 6.90. The highest BCUT2D eigenvalue weighted by Gasteiger charge is 2.39. The molecular formula is C13H13ClF5N5O. The molecule has 0 aromatic heterocycles. The van der Waals surface area contributed by atoms with Gasteiger partial charge in [0.05, 0.1) is 17.3 Å². The summed E-state index contributed by atoms with van der Waals surface area (Å²) < 4.78 is 66.4. The predicted octanol–water partition coefficient (Wildman–Crippen LogP) is 2.84. The topological polar surface area (TPSA) is 89.2 Å². The summed E-state index contributed by atoms with van der Waals surface area (Å²) >= 11 is 5.67. The zero-order valence-electron chi connectivity index (χ0n) is 12.5. The Morgan fingerprint density at radius 1 is 1.28 bits per heavy atom. The lowest BCUT2D eigenvalue weighted by atomic mass is 10.3. The van der Waals surface area contributed by atoms with Gasteiger partial charge in [0.15, 0.2) is 5.96 Å². The number of aliphatic imine (C=N–C) groups is 2. The number of halogens is 6. The Bertz CT molecular complexity index is 707. The van der Waals surface area contributed by atoms with Gasteiger partial charge in [-0.05, 0) is 18.2 Å². The minimum absolute atomic E-state index is 0.0188. The van der Waals surface area contributed by atoms with E-state index in [9.17, 15) is 22.0 Å². The quantitative estimate of drug-likeness (QED) is 0.465. The Hall–Kier alpha value is -2.30. The summed E-state index contributed by atoms with van der Waals surface area (Å²) in [6, 6.07) is 3.19. The zero-order valence-corrected chi connectivity index (χ0v) is 13.3. The van der Waals surface area contributed by atoms with Gasteiger partial charge in [-0.25, -0.2) is 13.8 Å². The number of rotatable bonds is 2. The van der Waals surface area contributed by atoms with Crippen LogP contribution < -0.4 is 16.2 Å². The molecule has 6 nitrogen and oxygen atoms in total. The SMILES string of the molecule is NC(=Nc1ccc(OC(F)(F)F)c(Cl)c1)N=C(N)N1CCC(F)(F)C1. The maximum atomic E-state index is 13.1. The fourth-order valence-corrected chi connectivity index (χ4v) is 2.26. The van der Waals surface area contributed by atoms with E-state index in [4.69, 9.17) is 23.1 Å². The van der Waals surface area contributed by atoms with Crippen molar-refractivity contribution in [1.29, 1.82) is 0 Å². The van der Waals surface area contributed by atoms with Gasteiger partial charge >= 0.3 is 6.36 Å². The lowest BCUT2D eigenvalue weighted by molar-refractivity contribution is -0.274. The summed E-state index contributed by atoms with van der Waals surface area (Å²) in [7, 11) is 0. The van der Waals surface area contributed by atoms with E-state index in [1.54, 1.807) is 0 Å². The molecule has 138 valence electrons. The average molecular weight is 386 g/mol. The summed E-state index contributed by atoms with van der Waals surface area (Å²) in [5.74, 6) is -4.06. The van der Waals surface area contributed by atoms with Crippen molar-refractivity contribution in [2.75, 3.05) is 13.1 Å². The van der Waals surface area contributed by atoms with Crippen LogP contribution in [-0.2, 0) is 0 Å². The van der Waals surface area contributed by atoms with Crippen LogP contribution in [0.2, 0.25) is 5.02 Å². The molecule has 0 radical (unpaired) electrons. The molecule has 0 saturated carbocycles. The summed E-state index contributed by atoms with van der Waals surface area (Å²) in [6.45, 7) is -0.560. The molecule has 0 spiro atoms. The maximum Gasteiger partial charge on any atom is 0.573 e. The number of hydrogen-bond acceptors (Lipinski definition) is 2. The van der Waals surface area contributed by atoms with E-state index in [2.05, 4.69) is 14.7 Å². The molecule has 0 unspecified atom stereocenters. The second-order valence-corrected chi connectivity index (χ2v) is 5.54. The first-order chi connectivity index (χ1) is 11.5. The molecule has 0 bridgehead atoms. The predicted molar refractivity (Wildman–Crippen MR) is 82.2 cm³/mol. The van der Waals surface area contributed by atoms with E-state index in [0.717, 1.165) is 23.1 Å². The molecule has 1 aliphatic rings. The van der Waals surface area contributed by atoms with E-state index in [0.29, 0.717) is 0 Å². The minimum Gasteiger partial charge on any atom is -0.404 e. The molecule has 1 saturated heterocycles. The van der Waals surface area contributed by atoms with Gasteiger partial charge in [-0.2, -0.15) is 4.99 Å². The molecule has 2 rings (SSSR count). The molecule has 12 heteroatoms. The number of hydrogen-bond donors (Lipinski definition) is 2. The average Bonchev–Trinajstić information content (AvgIpc) is 2.81. The van der Waals surface area contributed by atoms with Crippen molar-refractivity contribution in [1.82, 2.24) is 4.90 Å². The number of ether oxygens (including phenoxy) is 1. The smallest absolute Gasteiger partial charge is 0.404 e. The first-order valence-corrected chi connectivity index (χ1v) is 7.19. The van der Waals surface area contributed by atoms with Gasteiger partial charge in [0, 0.05) is 13.0 Å². The molecule has 0 aliphatic carbocycles. The van der Waals surface area contributed by atoms with Crippen LogP contribution in [0.15, 0.2) is 28.2 Å². The number of benzene rings is 1. The standard InChI is InChI=1S/C13H13ClF5N5O/c14-8-5-7(1-2-9(8)25-13(17,18)19)22-10(20)23-11(21)24-4-3-12(15,16)6-24/h1-2,5H,3-4,6H2,(H4,20,21,22,23). The summed E-state index contributed by atoms with van der Waals surface area (Å²) in [4.78, 5) is 8.64. The fraction of sp³-hybridized carbons (Fsp3) is 0.385. The van der Waals surface area contributed by atoms with E-state index >= 15 is 0 Å². The third-order valence-corrected chi connectivity index (χ3v) is 3.40. The van der Waals surface area contributed by atoms with Crippen molar-refractivity contribution in [3.8, 4) is 5.75 Å². The minimum atomic E-state index is -4.88. The van der Waals surface area contributed by atoms with E-state index in [1.165, 1.54) is 0 Å². The third kappa shape index (κ3) is 5.62. The molecular weight excluding hydrogens is 373 g/mol. The van der Waals surface area contributed by atoms with Crippen molar-refractivity contribution >= 4 is 29.2 Å². The van der Waals surface area contributed by atoms with E-state index in [1.807, 2.05) is 0 Å². The Morgan fingerprint density at radius 3 is 2.48 bits per heavy atom. The van der Waals surface area contributed by atoms with Crippen molar-refractivity contribution in [2.45, 2.75) is 18.7 Å². The third-order valence-electron chi connectivity index (χ3n) is 3.11. The van der Waals surface area contributed by atoms with Crippen LogP contribution in [0.3, 0.4) is 0 Å². The van der Waals surface area contributed by atoms with Crippen molar-refractivity contribution in [3.05, 3.63) is 23.2 Å². The van der Waals surface area contributed by atoms with E-state index in [-0.39, 0.29) is 35.6 Å². The fourth-order valence-electron chi connectivity index (χ4n) is 2.04. The summed E-state index contributed by atoms with van der Waals surface area (Å²) in [6.07, 6.45) is -5.24. The maximum absolute atomic E-state index is 13.1. The monoisotopic (exact) mass is 385 g/mol. The highest BCUT2D eigenvalue weighted by Crippen LogP contribution is 2.33. The van der Waals surface area contributed by atoms with Crippen LogP contribution in [0.25, 0.3) is 0 Å². The van der Waals surface area contributed by atoms with Gasteiger partial charge in [-0.15, -0.1) is 13.2 Å². The Balaban J connectivity index is 2.11. The molecule has 1 heterocycles. The van der Waals surface area contributed by atoms with Crippen LogP contribution in [0.5, 0.6) is 5.75 Å². The van der Waals surface area contributed by atoms with Gasteiger partial charge in [0.2, 0.25) is 5.96 Å². The Labute approximate surface area is 143 Å². The molecule has 1 aromatic carbocycles. The lowest BCUT2D eigenvalue weighted by Crippen LogP contribution is -2.38. The number of nitrogens with two attached hydrogens (primary N) is 2. The normalized spacial score (nSPS) is 18.6. The van der Waals surface area contributed by atoms with Gasteiger partial charge in [0.1, 0.15) is 5.75 Å². The Kier molecular flexibility index (Phi) is 5.26. The molecule has 0 amide bonds. The molecule has 1 aromatic rings. The van der Waals surface area contributed by atoms with Crippen molar-refractivity contribution < 1.29 is 26.7 Å². The molecule has 0 atom stereocenters. The summed E-state index contributed by atoms with van der Waals surface area (Å²) in [5, 5.41) is -0.345. The largest absolute Gasteiger partial charge is 0.573 e. The van der Waals surface area contributed by atoms with E-state index < -0.39 is 24.6 Å². The van der Waals surface area contributed by atoms with Gasteiger partial charge in [-0.3, -0.25) is 0 Å². The number of nitrogens with zero attached hydrogens (tertiary/aromatic N) is 3. The van der Waals surface area contributed by atoms with Crippen molar-refractivity contribution in [3.63, 3.8) is 0 Å². The first-order valence-electron chi connectivity index (χ1n) is 6.82. The van der Waals surface area contributed by atoms with Crippen LogP contribution >= 0.6 is 11.6 Å². The van der Waals surface area contributed by atoms with Crippen LogP contribution in [-0.4, -0.2) is 42.2 Å². The molecule has 1 fully saturated rings. The molecule has 1 aliphatic heterocycles. The van der Waals surface area contributed by atoms with Crippen LogP contribution in [0, 0.1) is 0 Å². The number of alkyl halides is 5.